The number of amides is 1. The van der Waals surface area contributed by atoms with Crippen molar-refractivity contribution >= 4 is 6.09 Å². The number of nitrogens with one attached hydrogen (secondary N) is 2. The number of ether oxygens (including phenoxy) is 1. The Hall–Kier alpha value is -2.37. The molecule has 1 aromatic carbocycles. The predicted octanol–water partition coefficient (Wildman–Crippen LogP) is 1.79. The average molecular weight is 246 g/mol. The van der Waals surface area contributed by atoms with E-state index in [4.69, 9.17) is 4.74 Å². The maximum atomic E-state index is 11.5. The molecule has 0 bridgehead atoms. The van der Waals surface area contributed by atoms with Crippen molar-refractivity contribution in [2.24, 2.45) is 0 Å². The quantitative estimate of drug-likeness (QED) is 0.861. The van der Waals surface area contributed by atoms with Gasteiger partial charge in [0.2, 0.25) is 0 Å². The Labute approximate surface area is 104 Å². The van der Waals surface area contributed by atoms with Crippen molar-refractivity contribution in [3.63, 3.8) is 0 Å². The summed E-state index contributed by atoms with van der Waals surface area (Å²) in [6.45, 7) is 2.04. The summed E-state index contributed by atoms with van der Waals surface area (Å²) < 4.78 is 5.08. The minimum absolute atomic E-state index is 0.246. The van der Waals surface area contributed by atoms with Crippen molar-refractivity contribution in [3.05, 3.63) is 48.0 Å². The van der Waals surface area contributed by atoms with Gasteiger partial charge in [-0.15, -0.1) is 10.2 Å². The number of carbonyl (C=O) groups excluding carboxylic acids is 1. The lowest BCUT2D eigenvalue weighted by Crippen LogP contribution is -2.27. The highest BCUT2D eigenvalue weighted by atomic mass is 16.5. The molecule has 0 radical (unpaired) electrons. The molecule has 2 N–H and O–H groups in total. The summed E-state index contributed by atoms with van der Waals surface area (Å²) in [5, 5.41) is 10.1. The minimum atomic E-state index is -0.484. The van der Waals surface area contributed by atoms with E-state index >= 15 is 0 Å². The van der Waals surface area contributed by atoms with E-state index in [9.17, 15) is 4.79 Å². The molecule has 0 aliphatic carbocycles. The summed E-state index contributed by atoms with van der Waals surface area (Å²) in [5.74, 6) is 0.590. The molecule has 0 aliphatic rings. The first kappa shape index (κ1) is 12.1. The molecule has 2 rings (SSSR count). The summed E-state index contributed by atoms with van der Waals surface area (Å²) in [5.41, 5.74) is 0.944. The van der Waals surface area contributed by atoms with Crippen LogP contribution in [0, 0.1) is 0 Å². The Bertz CT molecular complexity index is 484. The van der Waals surface area contributed by atoms with Gasteiger partial charge in [-0.3, -0.25) is 0 Å². The van der Waals surface area contributed by atoms with Crippen LogP contribution >= 0.6 is 0 Å². The van der Waals surface area contributed by atoms with Crippen LogP contribution in [0.25, 0.3) is 0 Å². The average Bonchev–Trinajstić information content (AvgIpc) is 2.91. The lowest BCUT2D eigenvalue weighted by atomic mass is 10.2. The van der Waals surface area contributed by atoms with Crippen LogP contribution in [-0.2, 0) is 11.3 Å². The van der Waals surface area contributed by atoms with Crippen LogP contribution < -0.4 is 5.32 Å². The summed E-state index contributed by atoms with van der Waals surface area (Å²) in [7, 11) is 0. The van der Waals surface area contributed by atoms with Crippen molar-refractivity contribution in [2.75, 3.05) is 0 Å². The van der Waals surface area contributed by atoms with Crippen LogP contribution in [0.4, 0.5) is 4.79 Å². The summed E-state index contributed by atoms with van der Waals surface area (Å²) in [4.78, 5) is 14.4. The maximum Gasteiger partial charge on any atom is 0.408 e. The van der Waals surface area contributed by atoms with E-state index in [1.807, 2.05) is 30.3 Å². The van der Waals surface area contributed by atoms with Crippen molar-refractivity contribution in [3.8, 4) is 0 Å². The van der Waals surface area contributed by atoms with Crippen molar-refractivity contribution in [2.45, 2.75) is 19.6 Å². The third-order valence-electron chi connectivity index (χ3n) is 2.39. The standard InChI is InChI=1S/C12H14N4O2/c1-9(11-13-8-14-16-11)15-12(17)18-7-10-5-3-2-4-6-10/h2-6,8-9H,7H2,1H3,(H,15,17)(H,13,14,16). The topological polar surface area (TPSA) is 79.9 Å². The van der Waals surface area contributed by atoms with Gasteiger partial charge in [0.15, 0.2) is 5.82 Å². The fourth-order valence-corrected chi connectivity index (χ4v) is 1.44. The molecule has 0 saturated carbocycles. The van der Waals surface area contributed by atoms with Gasteiger partial charge in [-0.25, -0.2) is 4.79 Å². The number of rotatable bonds is 4. The lowest BCUT2D eigenvalue weighted by Gasteiger charge is -2.11. The molecule has 0 spiro atoms. The molecule has 94 valence electrons. The predicted molar refractivity (Wildman–Crippen MR) is 64.6 cm³/mol. The molecule has 1 unspecified atom stereocenters. The van der Waals surface area contributed by atoms with Gasteiger partial charge in [-0.1, -0.05) is 30.3 Å². The number of H-pyrrole nitrogens is 1. The normalized spacial score (nSPS) is 11.8. The molecule has 0 fully saturated rings. The van der Waals surface area contributed by atoms with E-state index in [0.717, 1.165) is 5.56 Å². The number of aromatic amines is 1. The largest absolute Gasteiger partial charge is 0.445 e. The Morgan fingerprint density at radius 1 is 1.44 bits per heavy atom. The summed E-state index contributed by atoms with van der Waals surface area (Å²) in [6, 6.07) is 9.23. The van der Waals surface area contributed by atoms with Crippen LogP contribution in [0.1, 0.15) is 24.4 Å². The molecule has 2 aromatic rings. The van der Waals surface area contributed by atoms with Gasteiger partial charge in [-0.05, 0) is 12.5 Å². The molecule has 6 heteroatoms. The highest BCUT2D eigenvalue weighted by Gasteiger charge is 2.12. The van der Waals surface area contributed by atoms with Crippen LogP contribution in [-0.4, -0.2) is 21.3 Å². The Morgan fingerprint density at radius 2 is 2.22 bits per heavy atom. The van der Waals surface area contributed by atoms with E-state index in [2.05, 4.69) is 20.5 Å². The smallest absolute Gasteiger partial charge is 0.408 e. The number of hydrogen-bond donors (Lipinski definition) is 2. The minimum Gasteiger partial charge on any atom is -0.445 e. The molecule has 0 saturated heterocycles. The highest BCUT2D eigenvalue weighted by molar-refractivity contribution is 5.67. The zero-order valence-corrected chi connectivity index (χ0v) is 9.96. The van der Waals surface area contributed by atoms with E-state index in [0.29, 0.717) is 5.82 Å². The molecular weight excluding hydrogens is 232 g/mol. The fraction of sp³-hybridized carbons (Fsp3) is 0.250. The van der Waals surface area contributed by atoms with Gasteiger partial charge in [0.25, 0.3) is 0 Å². The van der Waals surface area contributed by atoms with Crippen molar-refractivity contribution in [1.82, 2.24) is 20.5 Å². The van der Waals surface area contributed by atoms with Crippen LogP contribution in [0.3, 0.4) is 0 Å². The van der Waals surface area contributed by atoms with Crippen LogP contribution in [0.2, 0.25) is 0 Å². The molecule has 1 amide bonds. The number of hydrogen-bond acceptors (Lipinski definition) is 4. The highest BCUT2D eigenvalue weighted by Crippen LogP contribution is 2.05. The second kappa shape index (κ2) is 5.81. The van der Waals surface area contributed by atoms with E-state index < -0.39 is 6.09 Å². The Balaban J connectivity index is 1.79. The first-order valence-electron chi connectivity index (χ1n) is 5.59. The zero-order chi connectivity index (χ0) is 12.8. The first-order chi connectivity index (χ1) is 8.75. The van der Waals surface area contributed by atoms with Gasteiger partial charge >= 0.3 is 6.09 Å². The second-order valence-corrected chi connectivity index (χ2v) is 3.80. The molecule has 6 nitrogen and oxygen atoms in total. The van der Waals surface area contributed by atoms with E-state index in [1.54, 1.807) is 6.92 Å². The Morgan fingerprint density at radius 3 is 2.89 bits per heavy atom. The number of aromatic nitrogens is 3. The van der Waals surface area contributed by atoms with Crippen molar-refractivity contribution in [1.29, 1.82) is 0 Å². The summed E-state index contributed by atoms with van der Waals surface area (Å²) >= 11 is 0. The lowest BCUT2D eigenvalue weighted by molar-refractivity contribution is 0.136. The summed E-state index contributed by atoms with van der Waals surface area (Å²) in [6.07, 6.45) is 0.978. The first-order valence-corrected chi connectivity index (χ1v) is 5.59. The molecule has 18 heavy (non-hydrogen) atoms. The SMILES string of the molecule is CC(NC(=O)OCc1ccccc1)c1nnc[nH]1. The monoisotopic (exact) mass is 246 g/mol. The fourth-order valence-electron chi connectivity index (χ4n) is 1.44. The van der Waals surface area contributed by atoms with Gasteiger partial charge in [0.05, 0.1) is 6.04 Å². The van der Waals surface area contributed by atoms with Gasteiger partial charge in [0.1, 0.15) is 12.9 Å². The molecule has 1 heterocycles. The van der Waals surface area contributed by atoms with Gasteiger partial charge in [0, 0.05) is 0 Å². The van der Waals surface area contributed by atoms with Crippen LogP contribution in [0.5, 0.6) is 0 Å². The number of alkyl carbamates (subject to hydrolysis) is 1. The molecular formula is C12H14N4O2. The molecule has 1 atom stereocenters. The number of benzene rings is 1. The van der Waals surface area contributed by atoms with Gasteiger partial charge < -0.3 is 15.0 Å². The number of nitrogens with zero attached hydrogens (tertiary/aromatic N) is 2. The third kappa shape index (κ3) is 3.31. The number of carbonyl (C=O) groups is 1. The maximum absolute atomic E-state index is 11.5. The Kier molecular flexibility index (Phi) is 3.90. The van der Waals surface area contributed by atoms with E-state index in [1.165, 1.54) is 6.33 Å². The van der Waals surface area contributed by atoms with Crippen LogP contribution in [0.15, 0.2) is 36.7 Å². The third-order valence-corrected chi connectivity index (χ3v) is 2.39. The molecule has 1 aromatic heterocycles. The zero-order valence-electron chi connectivity index (χ0n) is 9.96. The van der Waals surface area contributed by atoms with Crippen molar-refractivity contribution < 1.29 is 9.53 Å². The van der Waals surface area contributed by atoms with E-state index in [-0.39, 0.29) is 12.6 Å². The van der Waals surface area contributed by atoms with Gasteiger partial charge in [-0.2, -0.15) is 0 Å². The molecule has 0 aliphatic heterocycles. The second-order valence-electron chi connectivity index (χ2n) is 3.80.